The molecule has 1 rings (SSSR count). The zero-order valence-electron chi connectivity index (χ0n) is 18.9. The van der Waals surface area contributed by atoms with Crippen LogP contribution >= 0.6 is 0 Å². The summed E-state index contributed by atoms with van der Waals surface area (Å²) in [6, 6.07) is 2.47. The summed E-state index contributed by atoms with van der Waals surface area (Å²) in [5.41, 5.74) is 5.52. The fourth-order valence-electron chi connectivity index (χ4n) is 3.01. The topological polar surface area (TPSA) is 158 Å². The standard InChI is InChI=1S/C20H33BFN5O5/c1-12(2)10-17(21(30)31)27-19(29)15(6-5-9-25-20(23)24-3)26-18(28)14-11-13(22)7-8-16(14)32-4/h7-8,11-12,15,17,30-31H,5-6,9-10H2,1-4H3,(H,26,28)(H,27,29)(H3,23,24,25)/t15-,17-/m0/s1. The average Bonchev–Trinajstić information content (AvgIpc) is 2.74. The number of hydrogen-bond donors (Lipinski definition) is 6. The fourth-order valence-corrected chi connectivity index (χ4v) is 3.01. The van der Waals surface area contributed by atoms with Crippen molar-refractivity contribution >= 4 is 24.9 Å². The number of amides is 2. The Morgan fingerprint density at radius 2 is 1.97 bits per heavy atom. The molecule has 178 valence electrons. The Kier molecular flexibility index (Phi) is 11.5. The Bertz CT molecular complexity index is 794. The minimum Gasteiger partial charge on any atom is -0.496 e. The molecule has 0 spiro atoms. The van der Waals surface area contributed by atoms with E-state index in [1.807, 2.05) is 13.8 Å². The predicted octanol–water partition coefficient (Wildman–Crippen LogP) is -0.210. The molecule has 2 amide bonds. The minimum atomic E-state index is -1.76. The smallest absolute Gasteiger partial charge is 0.475 e. The molecule has 10 nitrogen and oxygen atoms in total. The molecule has 0 radical (unpaired) electrons. The van der Waals surface area contributed by atoms with Crippen LogP contribution in [0, 0.1) is 11.7 Å². The number of guanidine groups is 1. The van der Waals surface area contributed by atoms with Gasteiger partial charge < -0.3 is 36.5 Å². The highest BCUT2D eigenvalue weighted by Crippen LogP contribution is 2.19. The highest BCUT2D eigenvalue weighted by Gasteiger charge is 2.30. The van der Waals surface area contributed by atoms with Gasteiger partial charge in [-0.25, -0.2) is 4.39 Å². The maximum absolute atomic E-state index is 13.7. The van der Waals surface area contributed by atoms with Crippen molar-refractivity contribution in [2.24, 2.45) is 16.6 Å². The summed E-state index contributed by atoms with van der Waals surface area (Å²) in [5, 5.41) is 27.2. The van der Waals surface area contributed by atoms with Gasteiger partial charge in [-0.05, 0) is 43.4 Å². The number of nitrogens with two attached hydrogens (primary N) is 1. The number of carbonyl (C=O) groups is 2. The number of benzene rings is 1. The lowest BCUT2D eigenvalue weighted by Crippen LogP contribution is -2.54. The van der Waals surface area contributed by atoms with E-state index in [9.17, 15) is 24.0 Å². The van der Waals surface area contributed by atoms with Crippen LogP contribution in [0.5, 0.6) is 5.75 Å². The van der Waals surface area contributed by atoms with Gasteiger partial charge in [-0.1, -0.05) is 13.8 Å². The van der Waals surface area contributed by atoms with Gasteiger partial charge >= 0.3 is 7.12 Å². The molecule has 32 heavy (non-hydrogen) atoms. The van der Waals surface area contributed by atoms with Crippen LogP contribution < -0.4 is 26.4 Å². The van der Waals surface area contributed by atoms with Gasteiger partial charge in [-0.3, -0.25) is 14.6 Å². The molecule has 0 saturated carbocycles. The van der Waals surface area contributed by atoms with Crippen molar-refractivity contribution in [3.63, 3.8) is 0 Å². The van der Waals surface area contributed by atoms with Gasteiger partial charge in [0.1, 0.15) is 17.6 Å². The van der Waals surface area contributed by atoms with Crippen LogP contribution in [0.3, 0.4) is 0 Å². The maximum Gasteiger partial charge on any atom is 0.475 e. The van der Waals surface area contributed by atoms with E-state index in [0.717, 1.165) is 12.1 Å². The van der Waals surface area contributed by atoms with E-state index < -0.39 is 36.7 Å². The van der Waals surface area contributed by atoms with E-state index in [4.69, 9.17) is 10.5 Å². The fraction of sp³-hybridized carbons (Fsp3) is 0.550. The molecule has 0 aliphatic rings. The Balaban J connectivity index is 2.99. The molecule has 0 aliphatic carbocycles. The molecular formula is C20H33BFN5O5. The molecule has 0 bridgehead atoms. The summed E-state index contributed by atoms with van der Waals surface area (Å²) >= 11 is 0. The highest BCUT2D eigenvalue weighted by atomic mass is 19.1. The molecule has 12 heteroatoms. The second-order valence-corrected chi connectivity index (χ2v) is 7.71. The van der Waals surface area contributed by atoms with E-state index in [-0.39, 0.29) is 29.6 Å². The third-order valence-corrected chi connectivity index (χ3v) is 4.66. The van der Waals surface area contributed by atoms with E-state index in [1.165, 1.54) is 20.2 Å². The molecule has 0 saturated heterocycles. The first kappa shape index (κ1) is 27.2. The minimum absolute atomic E-state index is 0.0632. The quantitative estimate of drug-likeness (QED) is 0.111. The van der Waals surface area contributed by atoms with Crippen LogP contribution in [0.25, 0.3) is 0 Å². The summed E-state index contributed by atoms with van der Waals surface area (Å²) in [6.07, 6.45) is 0.966. The number of hydrogen-bond acceptors (Lipinski definition) is 6. The van der Waals surface area contributed by atoms with E-state index in [0.29, 0.717) is 19.4 Å². The number of nitrogens with zero attached hydrogens (tertiary/aromatic N) is 1. The van der Waals surface area contributed by atoms with E-state index in [1.54, 1.807) is 0 Å². The molecule has 1 aromatic carbocycles. The Morgan fingerprint density at radius 1 is 1.28 bits per heavy atom. The lowest BCUT2D eigenvalue weighted by atomic mass is 9.75. The molecule has 1 aromatic rings. The van der Waals surface area contributed by atoms with Gasteiger partial charge in [0.25, 0.3) is 5.91 Å². The van der Waals surface area contributed by atoms with Crippen molar-refractivity contribution in [1.82, 2.24) is 16.0 Å². The Hall–Kier alpha value is -2.86. The van der Waals surface area contributed by atoms with Gasteiger partial charge in [0.15, 0.2) is 5.96 Å². The second-order valence-electron chi connectivity index (χ2n) is 7.71. The molecule has 0 fully saturated rings. The van der Waals surface area contributed by atoms with Crippen molar-refractivity contribution in [2.45, 2.75) is 45.1 Å². The molecular weight excluding hydrogens is 420 g/mol. The van der Waals surface area contributed by atoms with Crippen molar-refractivity contribution in [3.05, 3.63) is 29.6 Å². The third-order valence-electron chi connectivity index (χ3n) is 4.66. The summed E-state index contributed by atoms with van der Waals surface area (Å²) in [5.74, 6) is -2.35. The number of carbonyl (C=O) groups excluding carboxylic acids is 2. The monoisotopic (exact) mass is 453 g/mol. The van der Waals surface area contributed by atoms with Crippen LogP contribution in [-0.2, 0) is 4.79 Å². The van der Waals surface area contributed by atoms with Crippen LogP contribution in [0.4, 0.5) is 4.39 Å². The SMILES string of the molecule is CN=C(N)NCCC[C@H](NC(=O)c1cc(F)ccc1OC)C(=O)N[C@@H](CC(C)C)B(O)O. The van der Waals surface area contributed by atoms with E-state index in [2.05, 4.69) is 20.9 Å². The highest BCUT2D eigenvalue weighted by molar-refractivity contribution is 6.43. The largest absolute Gasteiger partial charge is 0.496 e. The number of ether oxygens (including phenoxy) is 1. The van der Waals surface area contributed by atoms with Crippen molar-refractivity contribution in [3.8, 4) is 5.75 Å². The third kappa shape index (κ3) is 9.10. The normalized spacial score (nSPS) is 13.3. The zero-order chi connectivity index (χ0) is 24.3. The number of methoxy groups -OCH3 is 1. The van der Waals surface area contributed by atoms with Gasteiger partial charge in [0, 0.05) is 13.6 Å². The zero-order valence-corrected chi connectivity index (χ0v) is 18.9. The van der Waals surface area contributed by atoms with Gasteiger partial charge in [-0.15, -0.1) is 0 Å². The lowest BCUT2D eigenvalue weighted by molar-refractivity contribution is -0.123. The van der Waals surface area contributed by atoms with Crippen LogP contribution in [-0.4, -0.2) is 67.6 Å². The van der Waals surface area contributed by atoms with Gasteiger partial charge in [0.05, 0.1) is 18.6 Å². The number of aliphatic imine (C=N–C) groups is 1. The summed E-state index contributed by atoms with van der Waals surface area (Å²) in [6.45, 7) is 4.15. The molecule has 0 aliphatic heterocycles. The molecule has 0 heterocycles. The first-order valence-electron chi connectivity index (χ1n) is 10.4. The summed E-state index contributed by atoms with van der Waals surface area (Å²) in [7, 11) is 1.11. The van der Waals surface area contributed by atoms with Crippen molar-refractivity contribution in [1.29, 1.82) is 0 Å². The molecule has 0 unspecified atom stereocenters. The lowest BCUT2D eigenvalue weighted by Gasteiger charge is -2.24. The van der Waals surface area contributed by atoms with Crippen LogP contribution in [0.1, 0.15) is 43.5 Å². The average molecular weight is 453 g/mol. The van der Waals surface area contributed by atoms with Gasteiger partial charge in [0.2, 0.25) is 5.91 Å². The van der Waals surface area contributed by atoms with Crippen LogP contribution in [0.2, 0.25) is 0 Å². The van der Waals surface area contributed by atoms with E-state index >= 15 is 0 Å². The van der Waals surface area contributed by atoms with Crippen molar-refractivity contribution in [2.75, 3.05) is 20.7 Å². The number of halogens is 1. The summed E-state index contributed by atoms with van der Waals surface area (Å²) in [4.78, 5) is 29.4. The Labute approximate surface area is 188 Å². The molecule has 2 atom stereocenters. The first-order chi connectivity index (χ1) is 15.1. The second kappa shape index (κ2) is 13.5. The molecule has 0 aromatic heterocycles. The first-order valence-corrected chi connectivity index (χ1v) is 10.4. The van der Waals surface area contributed by atoms with Crippen LogP contribution in [0.15, 0.2) is 23.2 Å². The maximum atomic E-state index is 13.7. The Morgan fingerprint density at radius 3 is 2.53 bits per heavy atom. The van der Waals surface area contributed by atoms with Crippen molar-refractivity contribution < 1.29 is 28.8 Å². The number of rotatable bonds is 12. The molecule has 7 N–H and O–H groups in total. The van der Waals surface area contributed by atoms with Gasteiger partial charge in [-0.2, -0.15) is 0 Å². The predicted molar refractivity (Wildman–Crippen MR) is 121 cm³/mol. The number of nitrogens with one attached hydrogen (secondary N) is 3. The summed E-state index contributed by atoms with van der Waals surface area (Å²) < 4.78 is 18.8.